The van der Waals surface area contributed by atoms with Crippen LogP contribution in [0.1, 0.15) is 36.2 Å². The van der Waals surface area contributed by atoms with Crippen molar-refractivity contribution in [3.05, 3.63) is 83.6 Å². The van der Waals surface area contributed by atoms with Crippen molar-refractivity contribution in [2.75, 3.05) is 33.5 Å². The van der Waals surface area contributed by atoms with E-state index in [1.807, 2.05) is 19.1 Å². The van der Waals surface area contributed by atoms with Gasteiger partial charge in [0.15, 0.2) is 16.6 Å². The van der Waals surface area contributed by atoms with Crippen LogP contribution in [0.15, 0.2) is 66.7 Å². The zero-order chi connectivity index (χ0) is 28.8. The summed E-state index contributed by atoms with van der Waals surface area (Å²) in [4.78, 5) is 8.65. The molecule has 0 aliphatic carbocycles. The van der Waals surface area contributed by atoms with Crippen LogP contribution < -0.4 is 14.8 Å². The molecular weight excluding hydrogens is 544 g/mol. The van der Waals surface area contributed by atoms with Gasteiger partial charge >= 0.3 is 0 Å². The molecule has 4 atom stereocenters. The Hall–Kier alpha value is -3.59. The molecular formula is C34H38N4O3S. The van der Waals surface area contributed by atoms with E-state index in [9.17, 15) is 5.11 Å². The Morgan fingerprint density at radius 1 is 1.12 bits per heavy atom. The molecule has 3 N–H and O–H groups in total. The standard InChI is InChI=1S/C34H38N4O3S/c1-21(39)27-19-38-16-14-26-25-10-6-9-24(23-11-12-30-31(17-23)41-20-40-30)32(25)36-33(26)29(38)18-28(27)37(2)34(42)35-15-13-22-7-4-3-5-8-22/h3-12,17,21,27-29,36,39H,13-16,18-20H2,1-2H3,(H,35,42)/t21-,27-,28-,29-/m0/s1. The number of aromatic nitrogens is 1. The first kappa shape index (κ1) is 27.3. The van der Waals surface area contributed by atoms with Crippen molar-refractivity contribution in [1.82, 2.24) is 20.1 Å². The van der Waals surface area contributed by atoms with Crippen molar-refractivity contribution in [3.8, 4) is 22.6 Å². The minimum atomic E-state index is -0.424. The number of hydrogen-bond acceptors (Lipinski definition) is 5. The zero-order valence-corrected chi connectivity index (χ0v) is 25.0. The van der Waals surface area contributed by atoms with Crippen molar-refractivity contribution < 1.29 is 14.6 Å². The molecule has 1 fully saturated rings. The lowest BCUT2D eigenvalue weighted by molar-refractivity contribution is -0.0137. The van der Waals surface area contributed by atoms with Crippen molar-refractivity contribution >= 4 is 28.2 Å². The Balaban J connectivity index is 1.16. The number of rotatable bonds is 6. The number of aliphatic hydroxyl groups is 1. The van der Waals surface area contributed by atoms with Gasteiger partial charge in [0.1, 0.15) is 0 Å². The average Bonchev–Trinajstić information content (AvgIpc) is 3.65. The van der Waals surface area contributed by atoms with Gasteiger partial charge in [-0.05, 0) is 67.2 Å². The van der Waals surface area contributed by atoms with E-state index in [1.54, 1.807) is 0 Å². The summed E-state index contributed by atoms with van der Waals surface area (Å²) in [5.41, 5.74) is 7.46. The first-order chi connectivity index (χ1) is 20.5. The molecule has 0 bridgehead atoms. The number of para-hydroxylation sites is 1. The highest BCUT2D eigenvalue weighted by Crippen LogP contribution is 2.45. The molecule has 4 heterocycles. The molecule has 1 aromatic heterocycles. The molecule has 7 rings (SSSR count). The SMILES string of the molecule is C[C@H](O)[C@@H]1CN2CCc3c([nH]c4c(-c5ccc6c(c5)OCO6)cccc34)[C@@H]2C[C@@H]1N(C)C(=S)NCCc1ccccc1. The van der Waals surface area contributed by atoms with Gasteiger partial charge in [0.05, 0.1) is 17.7 Å². The number of aromatic amines is 1. The minimum Gasteiger partial charge on any atom is -0.454 e. The second kappa shape index (κ2) is 11.2. The van der Waals surface area contributed by atoms with Gasteiger partial charge in [-0.25, -0.2) is 0 Å². The van der Waals surface area contributed by atoms with E-state index in [1.165, 1.54) is 33.3 Å². The molecule has 0 radical (unpaired) electrons. The lowest BCUT2D eigenvalue weighted by Gasteiger charge is -2.50. The summed E-state index contributed by atoms with van der Waals surface area (Å²) in [6, 6.07) is 23.6. The number of fused-ring (bicyclic) bond motifs is 6. The Morgan fingerprint density at radius 2 is 1.95 bits per heavy atom. The fourth-order valence-electron chi connectivity index (χ4n) is 7.18. The van der Waals surface area contributed by atoms with Crippen molar-refractivity contribution in [2.24, 2.45) is 5.92 Å². The Labute approximate surface area is 252 Å². The smallest absolute Gasteiger partial charge is 0.231 e. The van der Waals surface area contributed by atoms with E-state index < -0.39 is 6.10 Å². The highest BCUT2D eigenvalue weighted by atomic mass is 32.1. The van der Waals surface area contributed by atoms with E-state index in [2.05, 4.69) is 81.7 Å². The third-order valence-electron chi connectivity index (χ3n) is 9.46. The van der Waals surface area contributed by atoms with Crippen LogP contribution >= 0.6 is 12.2 Å². The number of H-pyrrole nitrogens is 1. The van der Waals surface area contributed by atoms with Crippen molar-refractivity contribution in [1.29, 1.82) is 0 Å². The fraction of sp³-hybridized carbons (Fsp3) is 0.382. The van der Waals surface area contributed by atoms with Crippen LogP contribution in [0.5, 0.6) is 11.5 Å². The predicted octanol–water partition coefficient (Wildman–Crippen LogP) is 5.28. The van der Waals surface area contributed by atoms with E-state index in [0.717, 1.165) is 61.1 Å². The fourth-order valence-corrected chi connectivity index (χ4v) is 7.42. The molecule has 0 unspecified atom stereocenters. The number of benzene rings is 3. The molecule has 3 aromatic carbocycles. The van der Waals surface area contributed by atoms with Crippen molar-refractivity contribution in [3.63, 3.8) is 0 Å². The van der Waals surface area contributed by atoms with Gasteiger partial charge in [-0.15, -0.1) is 0 Å². The normalized spacial score (nSPS) is 21.9. The molecule has 42 heavy (non-hydrogen) atoms. The van der Waals surface area contributed by atoms with Gasteiger partial charge in [-0.1, -0.05) is 54.6 Å². The number of nitrogens with zero attached hydrogens (tertiary/aromatic N) is 2. The summed E-state index contributed by atoms with van der Waals surface area (Å²) in [7, 11) is 2.08. The maximum absolute atomic E-state index is 10.9. The number of aliphatic hydroxyl groups excluding tert-OH is 1. The highest BCUT2D eigenvalue weighted by Gasteiger charge is 2.43. The molecule has 0 spiro atoms. The Bertz CT molecular complexity index is 1600. The number of ether oxygens (including phenoxy) is 2. The first-order valence-electron chi connectivity index (χ1n) is 15.0. The Kier molecular flexibility index (Phi) is 7.30. The third kappa shape index (κ3) is 4.91. The summed E-state index contributed by atoms with van der Waals surface area (Å²) in [5.74, 6) is 1.70. The topological polar surface area (TPSA) is 73.0 Å². The molecule has 3 aliphatic heterocycles. The first-order valence-corrected chi connectivity index (χ1v) is 15.4. The van der Waals surface area contributed by atoms with Gasteiger partial charge in [0, 0.05) is 55.3 Å². The summed E-state index contributed by atoms with van der Waals surface area (Å²) in [6.07, 6.45) is 2.38. The number of hydrogen-bond donors (Lipinski definition) is 3. The molecule has 218 valence electrons. The molecule has 7 nitrogen and oxygen atoms in total. The van der Waals surface area contributed by atoms with Crippen LogP contribution in [0.3, 0.4) is 0 Å². The number of thiocarbonyl (C=S) groups is 1. The van der Waals surface area contributed by atoms with Crippen LogP contribution in [-0.2, 0) is 12.8 Å². The Morgan fingerprint density at radius 3 is 2.79 bits per heavy atom. The van der Waals surface area contributed by atoms with Crippen LogP contribution in [0.2, 0.25) is 0 Å². The zero-order valence-electron chi connectivity index (χ0n) is 24.2. The van der Waals surface area contributed by atoms with Gasteiger partial charge in [-0.3, -0.25) is 4.90 Å². The van der Waals surface area contributed by atoms with Crippen LogP contribution in [0.4, 0.5) is 0 Å². The lowest BCUT2D eigenvalue weighted by Crippen LogP contribution is -2.58. The second-order valence-electron chi connectivity index (χ2n) is 11.9. The molecule has 0 amide bonds. The van der Waals surface area contributed by atoms with E-state index in [0.29, 0.717) is 0 Å². The summed E-state index contributed by atoms with van der Waals surface area (Å²) >= 11 is 5.89. The van der Waals surface area contributed by atoms with Gasteiger partial charge in [0.2, 0.25) is 6.79 Å². The molecule has 0 saturated carbocycles. The lowest BCUT2D eigenvalue weighted by atomic mass is 9.80. The van der Waals surface area contributed by atoms with E-state index in [4.69, 9.17) is 21.7 Å². The maximum Gasteiger partial charge on any atom is 0.231 e. The largest absolute Gasteiger partial charge is 0.454 e. The number of nitrogens with one attached hydrogen (secondary N) is 2. The quantitative estimate of drug-likeness (QED) is 0.267. The van der Waals surface area contributed by atoms with Gasteiger partial charge in [-0.2, -0.15) is 0 Å². The molecule has 4 aromatic rings. The molecule has 8 heteroatoms. The molecule has 3 aliphatic rings. The van der Waals surface area contributed by atoms with E-state index in [-0.39, 0.29) is 24.8 Å². The predicted molar refractivity (Wildman–Crippen MR) is 170 cm³/mol. The summed E-state index contributed by atoms with van der Waals surface area (Å²) in [5, 5.41) is 16.4. The third-order valence-corrected chi connectivity index (χ3v) is 9.89. The van der Waals surface area contributed by atoms with Crippen LogP contribution in [0, 0.1) is 5.92 Å². The minimum absolute atomic E-state index is 0.107. The summed E-state index contributed by atoms with van der Waals surface area (Å²) in [6.45, 7) is 4.80. The monoisotopic (exact) mass is 582 g/mol. The number of piperidine rings is 1. The summed E-state index contributed by atoms with van der Waals surface area (Å²) < 4.78 is 11.2. The highest BCUT2D eigenvalue weighted by molar-refractivity contribution is 7.80. The van der Waals surface area contributed by atoms with Crippen molar-refractivity contribution in [2.45, 2.75) is 44.4 Å². The van der Waals surface area contributed by atoms with Gasteiger partial charge < -0.3 is 29.8 Å². The van der Waals surface area contributed by atoms with Crippen LogP contribution in [-0.4, -0.2) is 70.6 Å². The van der Waals surface area contributed by atoms with E-state index >= 15 is 0 Å². The maximum atomic E-state index is 10.9. The van der Waals surface area contributed by atoms with Gasteiger partial charge in [0.25, 0.3) is 0 Å². The average molecular weight is 583 g/mol. The van der Waals surface area contributed by atoms with Crippen LogP contribution in [0.25, 0.3) is 22.0 Å². The molecule has 1 saturated heterocycles. The second-order valence-corrected chi connectivity index (χ2v) is 12.2.